The Morgan fingerprint density at radius 2 is 1.96 bits per heavy atom. The summed E-state index contributed by atoms with van der Waals surface area (Å²) in [5, 5.41) is 11.7. The zero-order chi connectivity index (χ0) is 17.6. The first-order chi connectivity index (χ1) is 12.1. The number of amides is 1. The number of alkyl carbamates (subject to hydrolysis) is 1. The number of hydrogen-bond donors (Lipinski definition) is 3. The molecule has 3 aromatic rings. The minimum absolute atomic E-state index is 0.199. The van der Waals surface area contributed by atoms with Crippen molar-refractivity contribution < 1.29 is 19.4 Å². The fourth-order valence-electron chi connectivity index (χ4n) is 2.37. The van der Waals surface area contributed by atoms with Gasteiger partial charge in [-0.05, 0) is 23.8 Å². The molecule has 1 aromatic heterocycles. The molecule has 0 unspecified atom stereocenters. The number of rotatable bonds is 6. The van der Waals surface area contributed by atoms with Crippen LogP contribution in [0.4, 0.5) is 4.79 Å². The number of imidazole rings is 1. The Labute approximate surface area is 143 Å². The fraction of sp³-hybridized carbons (Fsp3) is 0.167. The fourth-order valence-corrected chi connectivity index (χ4v) is 2.37. The molecule has 3 N–H and O–H groups in total. The lowest BCUT2D eigenvalue weighted by Crippen LogP contribution is -2.26. The van der Waals surface area contributed by atoms with Gasteiger partial charge in [0.15, 0.2) is 0 Å². The summed E-state index contributed by atoms with van der Waals surface area (Å²) in [5.74, 6) is -0.318. The third kappa shape index (κ3) is 4.35. The number of nitrogens with one attached hydrogen (secondary N) is 2. The molecule has 0 aliphatic heterocycles. The maximum absolute atomic E-state index is 11.7. The molecule has 0 aliphatic carbocycles. The monoisotopic (exact) mass is 339 g/mol. The van der Waals surface area contributed by atoms with E-state index >= 15 is 0 Å². The van der Waals surface area contributed by atoms with Crippen LogP contribution in [0.2, 0.25) is 0 Å². The Morgan fingerprint density at radius 1 is 1.16 bits per heavy atom. The van der Waals surface area contributed by atoms with Crippen molar-refractivity contribution in [3.63, 3.8) is 0 Å². The highest BCUT2D eigenvalue weighted by Crippen LogP contribution is 2.14. The third-order valence-corrected chi connectivity index (χ3v) is 3.62. The van der Waals surface area contributed by atoms with Crippen LogP contribution in [0.25, 0.3) is 11.0 Å². The second-order valence-electron chi connectivity index (χ2n) is 5.46. The maximum Gasteiger partial charge on any atom is 0.407 e. The lowest BCUT2D eigenvalue weighted by molar-refractivity contribution is 0.0697. The number of carboxylic acid groups (broad SMARTS) is 1. The van der Waals surface area contributed by atoms with Gasteiger partial charge in [0.1, 0.15) is 12.4 Å². The summed E-state index contributed by atoms with van der Waals surface area (Å²) >= 11 is 0. The summed E-state index contributed by atoms with van der Waals surface area (Å²) in [7, 11) is 0. The number of hydrogen-bond acceptors (Lipinski definition) is 4. The van der Waals surface area contributed by atoms with Crippen LogP contribution in [0.3, 0.4) is 0 Å². The summed E-state index contributed by atoms with van der Waals surface area (Å²) in [6.45, 7) is 0.578. The summed E-state index contributed by atoms with van der Waals surface area (Å²) in [6, 6.07) is 14.1. The largest absolute Gasteiger partial charge is 0.478 e. The van der Waals surface area contributed by atoms with Gasteiger partial charge in [-0.15, -0.1) is 0 Å². The molecule has 0 spiro atoms. The van der Waals surface area contributed by atoms with Crippen LogP contribution in [0.5, 0.6) is 0 Å². The van der Waals surface area contributed by atoms with Crippen molar-refractivity contribution in [2.45, 2.75) is 13.0 Å². The number of carbonyl (C=O) groups excluding carboxylic acids is 1. The molecule has 1 heterocycles. The van der Waals surface area contributed by atoms with Gasteiger partial charge in [0.25, 0.3) is 0 Å². The quantitative estimate of drug-likeness (QED) is 0.640. The predicted octanol–water partition coefficient (Wildman–Crippen LogP) is 2.73. The van der Waals surface area contributed by atoms with E-state index in [1.807, 2.05) is 30.3 Å². The second-order valence-corrected chi connectivity index (χ2v) is 5.46. The number of aromatic nitrogens is 2. The molecule has 0 aliphatic rings. The van der Waals surface area contributed by atoms with Gasteiger partial charge in [-0.2, -0.15) is 0 Å². The van der Waals surface area contributed by atoms with Crippen molar-refractivity contribution in [2.75, 3.05) is 6.54 Å². The molecule has 0 radical (unpaired) electrons. The summed E-state index contributed by atoms with van der Waals surface area (Å²) in [6.07, 6.45) is -0.00882. The minimum atomic E-state index is -0.985. The standard InChI is InChI=1S/C18H17N3O4/c22-17(23)13-6-7-14-15(10-13)21-16(20-14)8-9-19-18(24)25-11-12-4-2-1-3-5-12/h1-7,10H,8-9,11H2,(H,19,24)(H,20,21)(H,22,23). The first-order valence-corrected chi connectivity index (χ1v) is 7.78. The molecule has 0 fully saturated rings. The molecule has 0 bridgehead atoms. The number of fused-ring (bicyclic) bond motifs is 1. The van der Waals surface area contributed by atoms with E-state index in [1.165, 1.54) is 12.1 Å². The van der Waals surface area contributed by atoms with Crippen LogP contribution in [0, 0.1) is 0 Å². The molecule has 2 aromatic carbocycles. The van der Waals surface area contributed by atoms with E-state index in [1.54, 1.807) is 6.07 Å². The molecule has 25 heavy (non-hydrogen) atoms. The molecule has 0 atom stereocenters. The topological polar surface area (TPSA) is 104 Å². The second kappa shape index (κ2) is 7.48. The van der Waals surface area contributed by atoms with Crippen LogP contribution in [0.15, 0.2) is 48.5 Å². The molecule has 3 rings (SSSR count). The van der Waals surface area contributed by atoms with Gasteiger partial charge in [0.05, 0.1) is 16.6 Å². The van der Waals surface area contributed by atoms with Crippen LogP contribution < -0.4 is 5.32 Å². The summed E-state index contributed by atoms with van der Waals surface area (Å²) in [5.41, 5.74) is 2.46. The minimum Gasteiger partial charge on any atom is -0.478 e. The van der Waals surface area contributed by atoms with E-state index in [0.717, 1.165) is 5.56 Å². The lowest BCUT2D eigenvalue weighted by Gasteiger charge is -2.06. The van der Waals surface area contributed by atoms with Gasteiger partial charge >= 0.3 is 12.1 Å². The van der Waals surface area contributed by atoms with Crippen molar-refractivity contribution in [2.24, 2.45) is 0 Å². The van der Waals surface area contributed by atoms with E-state index in [2.05, 4.69) is 15.3 Å². The first-order valence-electron chi connectivity index (χ1n) is 7.78. The van der Waals surface area contributed by atoms with E-state index < -0.39 is 12.1 Å². The normalized spacial score (nSPS) is 10.6. The van der Waals surface area contributed by atoms with E-state index in [0.29, 0.717) is 29.8 Å². The number of carboxylic acids is 1. The Morgan fingerprint density at radius 3 is 2.72 bits per heavy atom. The van der Waals surface area contributed by atoms with Crippen molar-refractivity contribution in [3.8, 4) is 0 Å². The van der Waals surface area contributed by atoms with Crippen molar-refractivity contribution >= 4 is 23.1 Å². The zero-order valence-corrected chi connectivity index (χ0v) is 13.4. The first kappa shape index (κ1) is 16.5. The van der Waals surface area contributed by atoms with Gasteiger partial charge in [0.2, 0.25) is 0 Å². The molecule has 0 saturated carbocycles. The average molecular weight is 339 g/mol. The highest BCUT2D eigenvalue weighted by atomic mass is 16.5. The van der Waals surface area contributed by atoms with Crippen molar-refractivity contribution in [1.29, 1.82) is 0 Å². The molecule has 7 nitrogen and oxygen atoms in total. The van der Waals surface area contributed by atoms with E-state index in [4.69, 9.17) is 9.84 Å². The Kier molecular flexibility index (Phi) is 4.94. The molecule has 1 amide bonds. The number of ether oxygens (including phenoxy) is 1. The number of aromatic amines is 1. The van der Waals surface area contributed by atoms with Gasteiger partial charge in [0, 0.05) is 13.0 Å². The maximum atomic E-state index is 11.7. The predicted molar refractivity (Wildman–Crippen MR) is 91.4 cm³/mol. The molecular weight excluding hydrogens is 322 g/mol. The molecule has 7 heteroatoms. The summed E-state index contributed by atoms with van der Waals surface area (Å²) in [4.78, 5) is 30.1. The Bertz CT molecular complexity index is 890. The molecule has 0 saturated heterocycles. The third-order valence-electron chi connectivity index (χ3n) is 3.62. The number of carbonyl (C=O) groups is 2. The van der Waals surface area contributed by atoms with Crippen LogP contribution in [0.1, 0.15) is 21.7 Å². The van der Waals surface area contributed by atoms with E-state index in [9.17, 15) is 9.59 Å². The smallest absolute Gasteiger partial charge is 0.407 e. The highest BCUT2D eigenvalue weighted by molar-refractivity contribution is 5.92. The number of H-pyrrole nitrogens is 1. The Hall–Kier alpha value is -3.35. The van der Waals surface area contributed by atoms with Gasteiger partial charge < -0.3 is 20.1 Å². The van der Waals surface area contributed by atoms with Crippen LogP contribution >= 0.6 is 0 Å². The van der Waals surface area contributed by atoms with Gasteiger partial charge in [-0.1, -0.05) is 30.3 Å². The van der Waals surface area contributed by atoms with Crippen molar-refractivity contribution in [3.05, 3.63) is 65.5 Å². The summed E-state index contributed by atoms with van der Waals surface area (Å²) < 4.78 is 5.12. The van der Waals surface area contributed by atoms with Gasteiger partial charge in [-0.3, -0.25) is 0 Å². The van der Waals surface area contributed by atoms with Crippen LogP contribution in [-0.4, -0.2) is 33.7 Å². The lowest BCUT2D eigenvalue weighted by atomic mass is 10.2. The molecular formula is C18H17N3O4. The number of benzene rings is 2. The van der Waals surface area contributed by atoms with E-state index in [-0.39, 0.29) is 12.2 Å². The Balaban J connectivity index is 1.49. The average Bonchev–Trinajstić information content (AvgIpc) is 3.02. The number of nitrogens with zero attached hydrogens (tertiary/aromatic N) is 1. The molecule has 128 valence electrons. The zero-order valence-electron chi connectivity index (χ0n) is 13.4. The highest BCUT2D eigenvalue weighted by Gasteiger charge is 2.08. The number of aromatic carboxylic acids is 1. The van der Waals surface area contributed by atoms with Crippen LogP contribution in [-0.2, 0) is 17.8 Å². The SMILES string of the molecule is O=C(NCCc1nc2ccc(C(=O)O)cc2[nH]1)OCc1ccccc1. The van der Waals surface area contributed by atoms with Gasteiger partial charge in [-0.25, -0.2) is 14.6 Å². The van der Waals surface area contributed by atoms with Crippen molar-refractivity contribution in [1.82, 2.24) is 15.3 Å².